The van der Waals surface area contributed by atoms with E-state index in [-0.39, 0.29) is 17.9 Å². The molecule has 3 rings (SSSR count). The van der Waals surface area contributed by atoms with Gasteiger partial charge in [-0.2, -0.15) is 5.11 Å². The normalized spacial score (nSPS) is 21.5. The third-order valence-electron chi connectivity index (χ3n) is 3.71. The highest BCUT2D eigenvalue weighted by atomic mass is 16.1. The molecule has 1 aromatic heterocycles. The van der Waals surface area contributed by atoms with E-state index < -0.39 is 0 Å². The van der Waals surface area contributed by atoms with Gasteiger partial charge in [0.25, 0.3) is 5.91 Å². The molecule has 1 aromatic carbocycles. The Kier molecular flexibility index (Phi) is 3.48. The van der Waals surface area contributed by atoms with Gasteiger partial charge in [0.2, 0.25) is 0 Å². The minimum absolute atomic E-state index is 0.0630. The molecule has 0 N–H and O–H groups in total. The fraction of sp³-hybridized carbons (Fsp3) is 0.250. The molecule has 5 heteroatoms. The second kappa shape index (κ2) is 5.44. The Morgan fingerprint density at radius 1 is 1.24 bits per heavy atom. The minimum Gasteiger partial charge on any atom is -0.323 e. The molecule has 21 heavy (non-hydrogen) atoms. The van der Waals surface area contributed by atoms with Gasteiger partial charge in [-0.15, -0.1) is 5.11 Å². The first-order valence-corrected chi connectivity index (χ1v) is 6.84. The van der Waals surface area contributed by atoms with Crippen molar-refractivity contribution in [3.63, 3.8) is 0 Å². The van der Waals surface area contributed by atoms with E-state index in [1.807, 2.05) is 42.0 Å². The van der Waals surface area contributed by atoms with E-state index in [4.69, 9.17) is 0 Å². The predicted molar refractivity (Wildman–Crippen MR) is 77.5 cm³/mol. The molecule has 1 aliphatic heterocycles. The van der Waals surface area contributed by atoms with Crippen molar-refractivity contribution in [3.8, 4) is 5.69 Å². The highest BCUT2D eigenvalue weighted by Gasteiger charge is 2.25. The van der Waals surface area contributed by atoms with Crippen LogP contribution in [0.4, 0.5) is 0 Å². The van der Waals surface area contributed by atoms with Crippen LogP contribution < -0.4 is 0 Å². The summed E-state index contributed by atoms with van der Waals surface area (Å²) in [5.41, 5.74) is 2.67. The second-order valence-corrected chi connectivity index (χ2v) is 5.30. The van der Waals surface area contributed by atoms with Gasteiger partial charge in [-0.1, -0.05) is 19.1 Å². The molecule has 5 nitrogen and oxygen atoms in total. The molecular formula is C16H15N3O2. The van der Waals surface area contributed by atoms with E-state index in [2.05, 4.69) is 10.2 Å². The van der Waals surface area contributed by atoms with Crippen molar-refractivity contribution in [1.29, 1.82) is 0 Å². The van der Waals surface area contributed by atoms with Crippen molar-refractivity contribution in [3.05, 3.63) is 53.9 Å². The van der Waals surface area contributed by atoms with E-state index in [9.17, 15) is 9.59 Å². The lowest BCUT2D eigenvalue weighted by Gasteiger charge is -2.21. The quantitative estimate of drug-likeness (QED) is 0.810. The standard InChI is InChI=1S/C16H15N3O2/c1-11-8-15(21)17-18-16(11)13-2-4-14(5-3-13)19-7-6-12(9-19)10-20/h2-7,9-11,16H,8H2,1H3. The molecule has 0 saturated heterocycles. The lowest BCUT2D eigenvalue weighted by molar-refractivity contribution is -0.120. The Balaban J connectivity index is 1.85. The van der Waals surface area contributed by atoms with Crippen LogP contribution in [0.2, 0.25) is 0 Å². The van der Waals surface area contributed by atoms with E-state index >= 15 is 0 Å². The Morgan fingerprint density at radius 3 is 2.62 bits per heavy atom. The summed E-state index contributed by atoms with van der Waals surface area (Å²) in [6, 6.07) is 9.64. The summed E-state index contributed by atoms with van der Waals surface area (Å²) >= 11 is 0. The van der Waals surface area contributed by atoms with Crippen LogP contribution in [-0.2, 0) is 4.79 Å². The van der Waals surface area contributed by atoms with Gasteiger partial charge in [0.1, 0.15) is 0 Å². The Morgan fingerprint density at radius 2 is 2.00 bits per heavy atom. The second-order valence-electron chi connectivity index (χ2n) is 5.30. The average Bonchev–Trinajstić information content (AvgIpc) is 2.96. The molecule has 0 radical (unpaired) electrons. The predicted octanol–water partition coefficient (Wildman–Crippen LogP) is 3.35. The van der Waals surface area contributed by atoms with Crippen LogP contribution in [-0.4, -0.2) is 16.8 Å². The van der Waals surface area contributed by atoms with Crippen LogP contribution in [0.3, 0.4) is 0 Å². The number of nitrogens with zero attached hydrogens (tertiary/aromatic N) is 3. The lowest BCUT2D eigenvalue weighted by Crippen LogP contribution is -2.16. The zero-order chi connectivity index (χ0) is 14.8. The molecule has 1 aliphatic rings. The summed E-state index contributed by atoms with van der Waals surface area (Å²) in [6.07, 6.45) is 4.89. The van der Waals surface area contributed by atoms with Crippen molar-refractivity contribution in [1.82, 2.24) is 4.57 Å². The molecule has 2 atom stereocenters. The van der Waals surface area contributed by atoms with Crippen LogP contribution in [0.1, 0.15) is 35.3 Å². The van der Waals surface area contributed by atoms with Crippen molar-refractivity contribution >= 4 is 12.2 Å². The van der Waals surface area contributed by atoms with Crippen molar-refractivity contribution in [2.24, 2.45) is 16.1 Å². The van der Waals surface area contributed by atoms with Crippen LogP contribution >= 0.6 is 0 Å². The molecule has 0 fully saturated rings. The molecule has 2 heterocycles. The summed E-state index contributed by atoms with van der Waals surface area (Å²) in [6.45, 7) is 2.01. The van der Waals surface area contributed by atoms with Gasteiger partial charge in [-0.05, 0) is 29.7 Å². The van der Waals surface area contributed by atoms with Gasteiger partial charge in [-0.3, -0.25) is 9.59 Å². The number of aromatic nitrogens is 1. The summed E-state index contributed by atoms with van der Waals surface area (Å²) in [4.78, 5) is 21.9. The van der Waals surface area contributed by atoms with E-state index in [1.165, 1.54) is 0 Å². The number of benzene rings is 1. The highest BCUT2D eigenvalue weighted by Crippen LogP contribution is 2.32. The van der Waals surface area contributed by atoms with Gasteiger partial charge < -0.3 is 4.57 Å². The van der Waals surface area contributed by atoms with E-state index in [0.29, 0.717) is 12.0 Å². The maximum atomic E-state index is 11.2. The number of rotatable bonds is 3. The number of carbonyl (C=O) groups is 2. The number of azo groups is 1. The van der Waals surface area contributed by atoms with E-state index in [1.54, 1.807) is 12.3 Å². The fourth-order valence-corrected chi connectivity index (χ4v) is 2.55. The summed E-state index contributed by atoms with van der Waals surface area (Å²) in [5, 5.41) is 7.78. The van der Waals surface area contributed by atoms with Crippen LogP contribution in [0.25, 0.3) is 5.69 Å². The molecule has 0 bridgehead atoms. The summed E-state index contributed by atoms with van der Waals surface area (Å²) in [7, 11) is 0. The average molecular weight is 281 g/mol. The molecule has 0 aliphatic carbocycles. The molecule has 2 aromatic rings. The largest absolute Gasteiger partial charge is 0.323 e. The third-order valence-corrected chi connectivity index (χ3v) is 3.71. The zero-order valence-electron chi connectivity index (χ0n) is 11.6. The maximum Gasteiger partial charge on any atom is 0.264 e. The van der Waals surface area contributed by atoms with Crippen LogP contribution in [0.5, 0.6) is 0 Å². The smallest absolute Gasteiger partial charge is 0.264 e. The van der Waals surface area contributed by atoms with Crippen molar-refractivity contribution in [2.75, 3.05) is 0 Å². The third kappa shape index (κ3) is 2.67. The molecule has 2 unspecified atom stereocenters. The Bertz CT molecular complexity index is 701. The zero-order valence-corrected chi connectivity index (χ0v) is 11.6. The SMILES string of the molecule is CC1CC(=O)N=NC1c1ccc(-n2ccc(C=O)c2)cc1. The fourth-order valence-electron chi connectivity index (χ4n) is 2.55. The molecule has 1 amide bonds. The number of hydrogen-bond donors (Lipinski definition) is 0. The van der Waals surface area contributed by atoms with E-state index in [0.717, 1.165) is 17.5 Å². The highest BCUT2D eigenvalue weighted by molar-refractivity contribution is 5.77. The first-order valence-electron chi connectivity index (χ1n) is 6.84. The lowest BCUT2D eigenvalue weighted by atomic mass is 9.91. The van der Waals surface area contributed by atoms with Crippen LogP contribution in [0.15, 0.2) is 53.0 Å². The Labute approximate surface area is 122 Å². The first kappa shape index (κ1) is 13.4. The number of amides is 1. The van der Waals surface area contributed by atoms with Gasteiger partial charge in [0, 0.05) is 30.1 Å². The molecule has 0 spiro atoms. The van der Waals surface area contributed by atoms with Gasteiger partial charge in [0.05, 0.1) is 6.04 Å². The summed E-state index contributed by atoms with van der Waals surface area (Å²) < 4.78 is 1.89. The van der Waals surface area contributed by atoms with Gasteiger partial charge in [0.15, 0.2) is 6.29 Å². The molecule has 106 valence electrons. The van der Waals surface area contributed by atoms with Crippen LogP contribution in [0, 0.1) is 5.92 Å². The van der Waals surface area contributed by atoms with Gasteiger partial charge >= 0.3 is 0 Å². The Hall–Kier alpha value is -2.56. The monoisotopic (exact) mass is 281 g/mol. The summed E-state index contributed by atoms with van der Waals surface area (Å²) in [5.74, 6) is 0.0122. The number of aldehydes is 1. The number of hydrogen-bond acceptors (Lipinski definition) is 3. The van der Waals surface area contributed by atoms with Gasteiger partial charge in [-0.25, -0.2) is 0 Å². The van der Waals surface area contributed by atoms with Crippen molar-refractivity contribution in [2.45, 2.75) is 19.4 Å². The molecule has 0 saturated carbocycles. The number of carbonyl (C=O) groups excluding carboxylic acids is 2. The maximum absolute atomic E-state index is 11.2. The first-order chi connectivity index (χ1) is 10.2. The van der Waals surface area contributed by atoms with Crippen molar-refractivity contribution < 1.29 is 9.59 Å². The minimum atomic E-state index is -0.149. The molecular weight excluding hydrogens is 266 g/mol. The topological polar surface area (TPSA) is 63.8 Å².